The third-order valence-electron chi connectivity index (χ3n) is 4.01. The Morgan fingerprint density at radius 1 is 1.08 bits per heavy atom. The molecule has 126 valence electrons. The fraction of sp³-hybridized carbons (Fsp3) is 0.0526. The van der Waals surface area contributed by atoms with Crippen LogP contribution in [-0.2, 0) is 0 Å². The lowest BCUT2D eigenvalue weighted by molar-refractivity contribution is 0.102. The van der Waals surface area contributed by atoms with Gasteiger partial charge < -0.3 is 9.97 Å². The summed E-state index contributed by atoms with van der Waals surface area (Å²) < 4.78 is 0. The number of rotatable bonds is 3. The quantitative estimate of drug-likeness (QED) is 0.530. The molecule has 7 nitrogen and oxygen atoms in total. The minimum atomic E-state index is -0.376. The zero-order valence-electron chi connectivity index (χ0n) is 13.9. The van der Waals surface area contributed by atoms with E-state index in [1.165, 1.54) is 0 Å². The molecule has 4 aromatic rings. The second-order valence-electron chi connectivity index (χ2n) is 5.78. The molecule has 0 atom stereocenters. The number of aryl methyl sites for hydroxylation is 1. The fourth-order valence-corrected chi connectivity index (χ4v) is 2.76. The van der Waals surface area contributed by atoms with Crippen molar-refractivity contribution in [3.05, 3.63) is 65.5 Å². The summed E-state index contributed by atoms with van der Waals surface area (Å²) in [5, 5.41) is 11.9. The summed E-state index contributed by atoms with van der Waals surface area (Å²) in [6.45, 7) is 1.79. The Hall–Kier alpha value is -3.92. The number of amides is 1. The van der Waals surface area contributed by atoms with E-state index in [-0.39, 0.29) is 11.9 Å². The predicted molar refractivity (Wildman–Crippen MR) is 97.5 cm³/mol. The largest absolute Gasteiger partial charge is 0.341 e. The van der Waals surface area contributed by atoms with Gasteiger partial charge in [0.05, 0.1) is 11.1 Å². The Balaban J connectivity index is 1.63. The molecule has 0 aliphatic heterocycles. The molecule has 2 aromatic carbocycles. The summed E-state index contributed by atoms with van der Waals surface area (Å²) in [4.78, 5) is 27.4. The third-order valence-corrected chi connectivity index (χ3v) is 4.01. The number of para-hydroxylation sites is 1. The van der Waals surface area contributed by atoms with Gasteiger partial charge in [-0.05, 0) is 19.1 Å². The molecule has 7 heteroatoms. The number of nitriles is 1. The van der Waals surface area contributed by atoms with E-state index < -0.39 is 0 Å². The highest BCUT2D eigenvalue weighted by molar-refractivity contribution is 6.03. The van der Waals surface area contributed by atoms with Gasteiger partial charge in [0, 0.05) is 11.3 Å². The van der Waals surface area contributed by atoms with Crippen molar-refractivity contribution in [1.29, 1.82) is 5.26 Å². The Morgan fingerprint density at radius 3 is 2.65 bits per heavy atom. The maximum Gasteiger partial charge on any atom is 0.278 e. The summed E-state index contributed by atoms with van der Waals surface area (Å²) in [5.74, 6) is 0.527. The van der Waals surface area contributed by atoms with E-state index >= 15 is 0 Å². The number of fused-ring (bicyclic) bond motifs is 1. The van der Waals surface area contributed by atoms with Gasteiger partial charge in [-0.25, -0.2) is 9.97 Å². The molecule has 0 spiro atoms. The van der Waals surface area contributed by atoms with Gasteiger partial charge in [-0.2, -0.15) is 5.26 Å². The van der Waals surface area contributed by atoms with Crippen LogP contribution in [-0.4, -0.2) is 25.8 Å². The second-order valence-corrected chi connectivity index (χ2v) is 5.78. The molecule has 0 aliphatic rings. The highest BCUT2D eigenvalue weighted by atomic mass is 16.2. The molecule has 0 fully saturated rings. The van der Waals surface area contributed by atoms with Gasteiger partial charge in [0.15, 0.2) is 0 Å². The molecule has 0 aliphatic carbocycles. The first-order valence-corrected chi connectivity index (χ1v) is 7.98. The molecule has 0 saturated heterocycles. The molecule has 3 N–H and O–H groups in total. The van der Waals surface area contributed by atoms with E-state index in [0.717, 1.165) is 5.56 Å². The van der Waals surface area contributed by atoms with Crippen molar-refractivity contribution in [2.45, 2.75) is 6.92 Å². The first-order valence-electron chi connectivity index (χ1n) is 7.98. The molecule has 1 amide bonds. The van der Waals surface area contributed by atoms with Gasteiger partial charge in [0.25, 0.3) is 5.91 Å². The number of hydrogen-bond acceptors (Lipinski definition) is 4. The van der Waals surface area contributed by atoms with Crippen molar-refractivity contribution in [1.82, 2.24) is 19.9 Å². The molecule has 26 heavy (non-hydrogen) atoms. The summed E-state index contributed by atoms with van der Waals surface area (Å²) >= 11 is 0. The maximum absolute atomic E-state index is 12.6. The van der Waals surface area contributed by atoms with E-state index in [4.69, 9.17) is 5.26 Å². The number of carbonyl (C=O) groups is 1. The molecule has 2 aromatic heterocycles. The minimum absolute atomic E-state index is 0.274. The number of hydrogen-bond donors (Lipinski definition) is 3. The zero-order chi connectivity index (χ0) is 18.1. The minimum Gasteiger partial charge on any atom is -0.341 e. The lowest BCUT2D eigenvalue weighted by Gasteiger charge is -1.99. The van der Waals surface area contributed by atoms with Crippen molar-refractivity contribution in [2.75, 3.05) is 5.32 Å². The molecule has 2 heterocycles. The smallest absolute Gasteiger partial charge is 0.278 e. The Labute approximate surface area is 148 Å². The van der Waals surface area contributed by atoms with Gasteiger partial charge >= 0.3 is 0 Å². The van der Waals surface area contributed by atoms with Crippen LogP contribution in [0.2, 0.25) is 0 Å². The van der Waals surface area contributed by atoms with Crippen LogP contribution in [0.1, 0.15) is 21.7 Å². The average molecular weight is 342 g/mol. The number of aromatic amines is 2. The van der Waals surface area contributed by atoms with Crippen molar-refractivity contribution in [3.8, 4) is 17.5 Å². The van der Waals surface area contributed by atoms with Crippen molar-refractivity contribution in [2.24, 2.45) is 0 Å². The maximum atomic E-state index is 12.6. The van der Waals surface area contributed by atoms with Crippen LogP contribution in [0.4, 0.5) is 5.95 Å². The van der Waals surface area contributed by atoms with E-state index in [9.17, 15) is 4.79 Å². The summed E-state index contributed by atoms with van der Waals surface area (Å²) in [7, 11) is 0. The number of H-pyrrole nitrogens is 2. The predicted octanol–water partition coefficient (Wildman–Crippen LogP) is 3.39. The van der Waals surface area contributed by atoms with Crippen LogP contribution >= 0.6 is 0 Å². The van der Waals surface area contributed by atoms with Crippen LogP contribution in [0, 0.1) is 18.3 Å². The first kappa shape index (κ1) is 15.6. The lowest BCUT2D eigenvalue weighted by Crippen LogP contribution is -2.14. The fourth-order valence-electron chi connectivity index (χ4n) is 2.76. The first-order chi connectivity index (χ1) is 12.7. The van der Waals surface area contributed by atoms with Gasteiger partial charge in [-0.1, -0.05) is 36.4 Å². The highest BCUT2D eigenvalue weighted by Gasteiger charge is 2.17. The monoisotopic (exact) mass is 342 g/mol. The van der Waals surface area contributed by atoms with E-state index in [1.807, 2.05) is 30.3 Å². The van der Waals surface area contributed by atoms with E-state index in [0.29, 0.717) is 33.8 Å². The molecule has 0 unspecified atom stereocenters. The number of imidazole rings is 2. The summed E-state index contributed by atoms with van der Waals surface area (Å²) in [5.41, 5.74) is 3.51. The number of nitrogens with zero attached hydrogens (tertiary/aromatic N) is 3. The standard InChI is InChI=1S/C19H14N6O/c1-11-15(23-17(21-11)12-6-3-2-4-7-12)18(26)25-19-22-14-9-5-8-13(10-20)16(14)24-19/h2-9H,1H3,(H,21,23)(H2,22,24,25,26). The molecule has 0 radical (unpaired) electrons. The van der Waals surface area contributed by atoms with E-state index in [2.05, 4.69) is 31.3 Å². The molecular formula is C19H14N6O. The summed E-state index contributed by atoms with van der Waals surface area (Å²) in [6, 6.07) is 16.9. The van der Waals surface area contributed by atoms with Crippen molar-refractivity contribution >= 4 is 22.9 Å². The van der Waals surface area contributed by atoms with Crippen LogP contribution < -0.4 is 5.32 Å². The van der Waals surface area contributed by atoms with Crippen molar-refractivity contribution < 1.29 is 4.79 Å². The normalized spacial score (nSPS) is 10.6. The van der Waals surface area contributed by atoms with Crippen LogP contribution in [0.15, 0.2) is 48.5 Å². The average Bonchev–Trinajstić information content (AvgIpc) is 3.25. The molecular weight excluding hydrogens is 328 g/mol. The Morgan fingerprint density at radius 2 is 1.88 bits per heavy atom. The van der Waals surface area contributed by atoms with Gasteiger partial charge in [-0.3, -0.25) is 10.1 Å². The third kappa shape index (κ3) is 2.70. The SMILES string of the molecule is Cc1[nH]c(-c2ccccc2)nc1C(=O)Nc1nc2c(C#N)cccc2[nH]1. The zero-order valence-corrected chi connectivity index (χ0v) is 13.9. The summed E-state index contributed by atoms with van der Waals surface area (Å²) in [6.07, 6.45) is 0. The molecule has 4 rings (SSSR count). The van der Waals surface area contributed by atoms with Gasteiger partial charge in [0.2, 0.25) is 5.95 Å². The number of carbonyl (C=O) groups excluding carboxylic acids is 1. The number of anilines is 1. The number of benzene rings is 2. The van der Waals surface area contributed by atoms with Crippen LogP contribution in [0.3, 0.4) is 0 Å². The Kier molecular flexibility index (Phi) is 3.71. The number of nitrogens with one attached hydrogen (secondary N) is 3. The molecule has 0 saturated carbocycles. The highest BCUT2D eigenvalue weighted by Crippen LogP contribution is 2.20. The lowest BCUT2D eigenvalue weighted by atomic mass is 10.2. The van der Waals surface area contributed by atoms with Crippen molar-refractivity contribution in [3.63, 3.8) is 0 Å². The second kappa shape index (κ2) is 6.18. The van der Waals surface area contributed by atoms with Gasteiger partial charge in [-0.15, -0.1) is 0 Å². The number of aromatic nitrogens is 4. The van der Waals surface area contributed by atoms with Crippen LogP contribution in [0.5, 0.6) is 0 Å². The molecule has 0 bridgehead atoms. The topological polar surface area (TPSA) is 110 Å². The van der Waals surface area contributed by atoms with Crippen LogP contribution in [0.25, 0.3) is 22.4 Å². The van der Waals surface area contributed by atoms with E-state index in [1.54, 1.807) is 25.1 Å². The Bertz CT molecular complexity index is 1150. The van der Waals surface area contributed by atoms with Gasteiger partial charge in [0.1, 0.15) is 23.1 Å².